The minimum absolute atomic E-state index is 0.107. The number of sulfone groups is 1. The smallest absolute Gasteiger partial charge is 0.234 e. The fourth-order valence-electron chi connectivity index (χ4n) is 2.43. The largest absolute Gasteiger partial charge is 0.419 e. The summed E-state index contributed by atoms with van der Waals surface area (Å²) < 4.78 is 32.8. The molecule has 0 bridgehead atoms. The van der Waals surface area contributed by atoms with Gasteiger partial charge in [-0.15, -0.1) is 0 Å². The van der Waals surface area contributed by atoms with Crippen molar-refractivity contribution >= 4 is 43.3 Å². The second kappa shape index (κ2) is 6.72. The molecule has 0 unspecified atom stereocenters. The maximum Gasteiger partial charge on any atom is 0.234 e. The van der Waals surface area contributed by atoms with Crippen molar-refractivity contribution in [2.24, 2.45) is 0 Å². The lowest BCUT2D eigenvalue weighted by molar-refractivity contribution is 0.576. The molecular weight excluding hydrogens is 440 g/mol. The van der Waals surface area contributed by atoms with Crippen molar-refractivity contribution < 1.29 is 12.8 Å². The quantitative estimate of drug-likeness (QED) is 0.577. The highest BCUT2D eigenvalue weighted by Crippen LogP contribution is 2.35. The van der Waals surface area contributed by atoms with Crippen molar-refractivity contribution in [2.45, 2.75) is 28.8 Å². The van der Waals surface area contributed by atoms with Gasteiger partial charge in [-0.3, -0.25) is 0 Å². The first-order valence-corrected chi connectivity index (χ1v) is 10.6. The molecule has 26 heavy (non-hydrogen) atoms. The van der Waals surface area contributed by atoms with Crippen LogP contribution in [0.2, 0.25) is 5.02 Å². The van der Waals surface area contributed by atoms with E-state index >= 15 is 0 Å². The van der Waals surface area contributed by atoms with Crippen LogP contribution in [0.15, 0.2) is 67.3 Å². The lowest BCUT2D eigenvalue weighted by Crippen LogP contribution is -2.08. The van der Waals surface area contributed by atoms with E-state index in [1.807, 2.05) is 24.3 Å². The van der Waals surface area contributed by atoms with E-state index in [0.717, 1.165) is 17.3 Å². The van der Waals surface area contributed by atoms with Crippen molar-refractivity contribution in [3.05, 3.63) is 58.0 Å². The van der Waals surface area contributed by atoms with Gasteiger partial charge in [0.05, 0.1) is 4.90 Å². The van der Waals surface area contributed by atoms with Gasteiger partial charge in [-0.25, -0.2) is 8.42 Å². The highest BCUT2D eigenvalue weighted by atomic mass is 79.9. The first kappa shape index (κ1) is 17.6. The molecule has 1 aromatic heterocycles. The average molecular weight is 454 g/mol. The van der Waals surface area contributed by atoms with Crippen molar-refractivity contribution in [1.82, 2.24) is 4.98 Å². The van der Waals surface area contributed by atoms with E-state index in [0.29, 0.717) is 10.6 Å². The van der Waals surface area contributed by atoms with Gasteiger partial charge in [0.25, 0.3) is 0 Å². The lowest BCUT2D eigenvalue weighted by Gasteiger charge is -2.04. The van der Waals surface area contributed by atoms with Crippen LogP contribution in [0, 0.1) is 0 Å². The molecule has 1 fully saturated rings. The minimum atomic E-state index is -3.83. The number of nitrogens with one attached hydrogen (secondary N) is 1. The number of nitrogens with zero attached hydrogens (tertiary/aromatic N) is 1. The molecule has 5 nitrogen and oxygen atoms in total. The highest BCUT2D eigenvalue weighted by molar-refractivity contribution is 9.10. The summed E-state index contributed by atoms with van der Waals surface area (Å²) in [6.45, 7) is 0. The van der Waals surface area contributed by atoms with Crippen LogP contribution in [0.3, 0.4) is 0 Å². The topological polar surface area (TPSA) is 72.2 Å². The molecule has 0 radical (unpaired) electrons. The van der Waals surface area contributed by atoms with E-state index in [4.69, 9.17) is 16.0 Å². The Bertz CT molecular complexity index is 1040. The van der Waals surface area contributed by atoms with Gasteiger partial charge in [0.1, 0.15) is 0 Å². The van der Waals surface area contributed by atoms with Crippen LogP contribution >= 0.6 is 27.5 Å². The first-order valence-electron chi connectivity index (χ1n) is 7.97. The lowest BCUT2D eigenvalue weighted by atomic mass is 10.2. The number of aromatic nitrogens is 1. The summed E-state index contributed by atoms with van der Waals surface area (Å²) >= 11 is 9.24. The summed E-state index contributed by atoms with van der Waals surface area (Å²) in [4.78, 5) is 4.42. The minimum Gasteiger partial charge on any atom is -0.419 e. The van der Waals surface area contributed by atoms with Gasteiger partial charge in [-0.1, -0.05) is 27.5 Å². The van der Waals surface area contributed by atoms with Crippen LogP contribution in [-0.2, 0) is 9.84 Å². The Labute approximate surface area is 164 Å². The van der Waals surface area contributed by atoms with Gasteiger partial charge < -0.3 is 9.73 Å². The number of oxazole rings is 1. The molecule has 4 rings (SSSR count). The highest BCUT2D eigenvalue weighted by Gasteiger charge is 2.32. The number of benzene rings is 2. The van der Waals surface area contributed by atoms with E-state index in [1.54, 1.807) is 0 Å². The Morgan fingerprint density at radius 1 is 1.08 bits per heavy atom. The van der Waals surface area contributed by atoms with Crippen molar-refractivity contribution in [3.63, 3.8) is 0 Å². The Morgan fingerprint density at radius 2 is 1.73 bits per heavy atom. The standard InChI is InChI=1S/C18H14BrClN2O3S/c19-12-3-1-11(2-4-12)16-22-18(17(25-16)21-14-7-8-14)26(23,24)15-9-5-13(20)6-10-15/h1-6,9-10,14,21H,7-8H2. The Balaban J connectivity index is 1.80. The molecule has 2 aromatic carbocycles. The number of halogens is 2. The third kappa shape index (κ3) is 3.51. The molecular formula is C18H14BrClN2O3S. The van der Waals surface area contributed by atoms with Gasteiger partial charge in [-0.05, 0) is 61.4 Å². The summed E-state index contributed by atoms with van der Waals surface area (Å²) in [6.07, 6.45) is 1.96. The predicted molar refractivity (Wildman–Crippen MR) is 103 cm³/mol. The molecule has 0 aliphatic heterocycles. The number of hydrogen-bond donors (Lipinski definition) is 1. The molecule has 8 heteroatoms. The third-order valence-electron chi connectivity index (χ3n) is 3.98. The fraction of sp³-hybridized carbons (Fsp3) is 0.167. The van der Waals surface area contributed by atoms with Gasteiger partial charge in [-0.2, -0.15) is 4.98 Å². The van der Waals surface area contributed by atoms with Gasteiger partial charge in [0.2, 0.25) is 26.6 Å². The third-order valence-corrected chi connectivity index (χ3v) is 6.44. The van der Waals surface area contributed by atoms with E-state index < -0.39 is 9.84 Å². The monoisotopic (exact) mass is 452 g/mol. The van der Waals surface area contributed by atoms with Crippen LogP contribution in [0.25, 0.3) is 11.5 Å². The molecule has 1 saturated carbocycles. The zero-order valence-corrected chi connectivity index (χ0v) is 16.6. The van der Waals surface area contributed by atoms with Crippen molar-refractivity contribution in [2.75, 3.05) is 5.32 Å². The summed E-state index contributed by atoms with van der Waals surface area (Å²) in [5, 5.41) is 3.49. The van der Waals surface area contributed by atoms with Gasteiger partial charge in [0.15, 0.2) is 0 Å². The molecule has 0 atom stereocenters. The summed E-state index contributed by atoms with van der Waals surface area (Å²) in [5.41, 5.74) is 0.699. The molecule has 0 saturated heterocycles. The normalized spacial score (nSPS) is 14.4. The van der Waals surface area contributed by atoms with E-state index in [-0.39, 0.29) is 27.7 Å². The van der Waals surface area contributed by atoms with E-state index in [1.165, 1.54) is 24.3 Å². The second-order valence-corrected chi connectivity index (χ2v) is 9.25. The van der Waals surface area contributed by atoms with Crippen LogP contribution in [0.5, 0.6) is 0 Å². The summed E-state index contributed by atoms with van der Waals surface area (Å²) in [5.74, 6) is 0.438. The number of rotatable bonds is 5. The molecule has 0 amide bonds. The number of anilines is 1. The second-order valence-electron chi connectivity index (χ2n) is 6.04. The predicted octanol–water partition coefficient (Wildman–Crippen LogP) is 5.16. The van der Waals surface area contributed by atoms with Crippen LogP contribution < -0.4 is 5.32 Å². The van der Waals surface area contributed by atoms with E-state index in [2.05, 4.69) is 26.2 Å². The molecule has 0 spiro atoms. The molecule has 1 heterocycles. The maximum atomic E-state index is 13.1. The molecule has 1 aliphatic rings. The Hall–Kier alpha value is -1.83. The van der Waals surface area contributed by atoms with Gasteiger partial charge in [0, 0.05) is 21.1 Å². The van der Waals surface area contributed by atoms with Gasteiger partial charge >= 0.3 is 0 Å². The van der Waals surface area contributed by atoms with Crippen molar-refractivity contribution in [1.29, 1.82) is 0 Å². The molecule has 134 valence electrons. The fourth-order valence-corrected chi connectivity index (χ4v) is 4.09. The Kier molecular flexibility index (Phi) is 4.54. The molecule has 1 N–H and O–H groups in total. The van der Waals surface area contributed by atoms with E-state index in [9.17, 15) is 8.42 Å². The Morgan fingerprint density at radius 3 is 2.35 bits per heavy atom. The first-order chi connectivity index (χ1) is 12.4. The number of hydrogen-bond acceptors (Lipinski definition) is 5. The van der Waals surface area contributed by atoms with Crippen LogP contribution in [-0.4, -0.2) is 19.4 Å². The van der Waals surface area contributed by atoms with Crippen molar-refractivity contribution in [3.8, 4) is 11.5 Å². The average Bonchev–Trinajstić information content (AvgIpc) is 3.32. The molecule has 3 aromatic rings. The SMILES string of the molecule is O=S(=O)(c1ccc(Cl)cc1)c1nc(-c2ccc(Br)cc2)oc1NC1CC1. The summed E-state index contributed by atoms with van der Waals surface area (Å²) in [7, 11) is -3.83. The summed E-state index contributed by atoms with van der Waals surface area (Å²) in [6, 6.07) is 13.6. The molecule has 1 aliphatic carbocycles. The van der Waals surface area contributed by atoms with Crippen LogP contribution in [0.1, 0.15) is 12.8 Å². The zero-order valence-electron chi connectivity index (χ0n) is 13.4. The maximum absolute atomic E-state index is 13.1. The van der Waals surface area contributed by atoms with Crippen LogP contribution in [0.4, 0.5) is 5.88 Å². The zero-order chi connectivity index (χ0) is 18.3.